The molecule has 0 amide bonds. The third-order valence-electron chi connectivity index (χ3n) is 6.31. The van der Waals surface area contributed by atoms with Gasteiger partial charge in [-0.2, -0.15) is 9.67 Å². The van der Waals surface area contributed by atoms with Crippen molar-refractivity contribution in [1.29, 1.82) is 0 Å². The van der Waals surface area contributed by atoms with Crippen LogP contribution in [0.5, 0.6) is 11.5 Å². The number of likely N-dealkylation sites (N-methyl/N-ethyl adjacent to an activating group) is 1. The molecule has 0 aliphatic carbocycles. The van der Waals surface area contributed by atoms with Crippen LogP contribution >= 0.6 is 11.6 Å². The lowest BCUT2D eigenvalue weighted by Crippen LogP contribution is -2.46. The molecule has 3 heterocycles. The fraction of sp³-hybridized carbons (Fsp3) is 0.333. The number of fused-ring (bicyclic) bond motifs is 1. The van der Waals surface area contributed by atoms with E-state index in [1.54, 1.807) is 26.4 Å². The van der Waals surface area contributed by atoms with Gasteiger partial charge in [-0.05, 0) is 30.8 Å². The molecule has 0 bridgehead atoms. The van der Waals surface area contributed by atoms with E-state index in [-0.39, 0.29) is 5.95 Å². The fourth-order valence-corrected chi connectivity index (χ4v) is 4.58. The lowest BCUT2D eigenvalue weighted by Gasteiger charge is -2.36. The Balaban J connectivity index is 1.44. The topological polar surface area (TPSA) is 119 Å². The summed E-state index contributed by atoms with van der Waals surface area (Å²) in [7, 11) is 3.15. The third kappa shape index (κ3) is 4.54. The molecular weight excluding hydrogens is 482 g/mol. The van der Waals surface area contributed by atoms with E-state index in [0.717, 1.165) is 44.1 Å². The maximum absolute atomic E-state index is 6.54. The fourth-order valence-electron chi connectivity index (χ4n) is 4.34. The van der Waals surface area contributed by atoms with Gasteiger partial charge in [-0.3, -0.25) is 0 Å². The smallest absolute Gasteiger partial charge is 0.248 e. The number of benzene rings is 2. The first-order valence-corrected chi connectivity index (χ1v) is 12.0. The molecule has 4 aromatic rings. The largest absolute Gasteiger partial charge is 0.493 e. The van der Waals surface area contributed by atoms with Crippen LogP contribution in [-0.4, -0.2) is 76.6 Å². The van der Waals surface area contributed by atoms with Crippen LogP contribution in [0, 0.1) is 0 Å². The summed E-state index contributed by atoms with van der Waals surface area (Å²) in [5, 5.41) is 9.21. The van der Waals surface area contributed by atoms with E-state index in [1.165, 1.54) is 11.0 Å². The molecule has 12 heteroatoms. The standard InChI is InChI=1S/C24H28ClN9O2/c1-4-32-7-9-33(10-8-32)19-11-15(5-6-17(19)25)29-24-30-23(26)34(31-24)22-16-12-20(35-2)21(36-3)13-18(16)27-14-28-22/h5-6,11-14H,4,7-10H2,1-3H3,(H3,26,29,30,31). The van der Waals surface area contributed by atoms with Crippen LogP contribution in [0.1, 0.15) is 6.92 Å². The van der Waals surface area contributed by atoms with Crippen molar-refractivity contribution in [3.8, 4) is 17.3 Å². The summed E-state index contributed by atoms with van der Waals surface area (Å²) in [6, 6.07) is 9.35. The third-order valence-corrected chi connectivity index (χ3v) is 6.63. The van der Waals surface area contributed by atoms with Gasteiger partial charge in [-0.15, -0.1) is 5.10 Å². The zero-order valence-electron chi connectivity index (χ0n) is 20.4. The van der Waals surface area contributed by atoms with Crippen molar-refractivity contribution in [2.24, 2.45) is 0 Å². The summed E-state index contributed by atoms with van der Waals surface area (Å²) in [5.41, 5.74) is 8.69. The van der Waals surface area contributed by atoms with Crippen molar-refractivity contribution in [2.45, 2.75) is 6.92 Å². The Kier molecular flexibility index (Phi) is 6.66. The molecule has 1 fully saturated rings. The molecule has 3 N–H and O–H groups in total. The Hall–Kier alpha value is -3.83. The Labute approximate surface area is 213 Å². The molecule has 0 atom stereocenters. The van der Waals surface area contributed by atoms with Gasteiger partial charge in [0, 0.05) is 43.3 Å². The number of anilines is 4. The van der Waals surface area contributed by atoms with Crippen LogP contribution < -0.4 is 25.4 Å². The van der Waals surface area contributed by atoms with Crippen LogP contribution in [-0.2, 0) is 0 Å². The van der Waals surface area contributed by atoms with E-state index < -0.39 is 0 Å². The van der Waals surface area contributed by atoms with E-state index in [9.17, 15) is 0 Å². The highest BCUT2D eigenvalue weighted by Gasteiger charge is 2.20. The number of piperazine rings is 1. The lowest BCUT2D eigenvalue weighted by atomic mass is 10.2. The number of hydrogen-bond acceptors (Lipinski definition) is 10. The van der Waals surface area contributed by atoms with Gasteiger partial charge in [0.1, 0.15) is 6.33 Å². The molecule has 0 radical (unpaired) electrons. The van der Waals surface area contributed by atoms with Crippen LogP contribution in [0.25, 0.3) is 16.7 Å². The molecule has 188 valence electrons. The number of nitrogens with zero attached hydrogens (tertiary/aromatic N) is 7. The second-order valence-corrected chi connectivity index (χ2v) is 8.75. The van der Waals surface area contributed by atoms with Gasteiger partial charge in [-0.25, -0.2) is 9.97 Å². The first kappa shape index (κ1) is 23.9. The molecule has 5 rings (SSSR count). The maximum Gasteiger partial charge on any atom is 0.248 e. The molecule has 0 saturated carbocycles. The van der Waals surface area contributed by atoms with Crippen molar-refractivity contribution in [1.82, 2.24) is 29.6 Å². The molecule has 0 unspecified atom stereocenters. The van der Waals surface area contributed by atoms with Crippen molar-refractivity contribution >= 4 is 45.8 Å². The SMILES string of the molecule is CCN1CCN(c2cc(Nc3nc(N)n(-c4ncnc5cc(OC)c(OC)cc45)n3)ccc2Cl)CC1. The Morgan fingerprint density at radius 3 is 2.50 bits per heavy atom. The molecule has 11 nitrogen and oxygen atoms in total. The molecule has 1 aliphatic heterocycles. The van der Waals surface area contributed by atoms with Crippen LogP contribution in [0.2, 0.25) is 5.02 Å². The first-order valence-electron chi connectivity index (χ1n) is 11.6. The van der Waals surface area contributed by atoms with Gasteiger partial charge in [0.2, 0.25) is 11.9 Å². The highest BCUT2D eigenvalue weighted by molar-refractivity contribution is 6.33. The second-order valence-electron chi connectivity index (χ2n) is 8.34. The first-order chi connectivity index (χ1) is 17.5. The normalized spacial score (nSPS) is 14.3. The molecule has 1 saturated heterocycles. The van der Waals surface area contributed by atoms with E-state index >= 15 is 0 Å². The average Bonchev–Trinajstić information content (AvgIpc) is 3.27. The number of nitrogens with one attached hydrogen (secondary N) is 1. The van der Waals surface area contributed by atoms with Gasteiger partial charge >= 0.3 is 0 Å². The minimum absolute atomic E-state index is 0.178. The minimum Gasteiger partial charge on any atom is -0.493 e. The number of halogens is 1. The van der Waals surface area contributed by atoms with Gasteiger partial charge < -0.3 is 30.3 Å². The maximum atomic E-state index is 6.54. The van der Waals surface area contributed by atoms with Gasteiger partial charge in [-0.1, -0.05) is 18.5 Å². The number of hydrogen-bond donors (Lipinski definition) is 2. The molecule has 0 spiro atoms. The predicted octanol–water partition coefficient (Wildman–Crippen LogP) is 3.35. The zero-order valence-corrected chi connectivity index (χ0v) is 21.2. The quantitative estimate of drug-likeness (QED) is 0.383. The summed E-state index contributed by atoms with van der Waals surface area (Å²) < 4.78 is 12.3. The van der Waals surface area contributed by atoms with E-state index in [2.05, 4.69) is 42.1 Å². The van der Waals surface area contributed by atoms with E-state index in [4.69, 9.17) is 26.8 Å². The number of nitrogens with two attached hydrogens (primary N) is 1. The average molecular weight is 510 g/mol. The van der Waals surface area contributed by atoms with E-state index in [1.807, 2.05) is 18.2 Å². The monoisotopic (exact) mass is 509 g/mol. The lowest BCUT2D eigenvalue weighted by molar-refractivity contribution is 0.271. The van der Waals surface area contributed by atoms with Crippen LogP contribution in [0.3, 0.4) is 0 Å². The Bertz CT molecular complexity index is 1390. The minimum atomic E-state index is 0.178. The number of methoxy groups -OCH3 is 2. The second kappa shape index (κ2) is 10.0. The molecular formula is C24H28ClN9O2. The van der Waals surface area contributed by atoms with Gasteiger partial charge in [0.25, 0.3) is 0 Å². The number of nitrogen functional groups attached to an aromatic ring is 1. The zero-order chi connectivity index (χ0) is 25.2. The van der Waals surface area contributed by atoms with Crippen LogP contribution in [0.15, 0.2) is 36.7 Å². The van der Waals surface area contributed by atoms with Crippen molar-refractivity contribution in [3.05, 3.63) is 41.7 Å². The van der Waals surface area contributed by atoms with Crippen molar-refractivity contribution in [3.63, 3.8) is 0 Å². The highest BCUT2D eigenvalue weighted by Crippen LogP contribution is 2.34. The van der Waals surface area contributed by atoms with Crippen LogP contribution in [0.4, 0.5) is 23.3 Å². The molecule has 2 aromatic carbocycles. The molecule has 1 aliphatic rings. The highest BCUT2D eigenvalue weighted by atomic mass is 35.5. The Morgan fingerprint density at radius 1 is 1.03 bits per heavy atom. The van der Waals surface area contributed by atoms with Crippen molar-refractivity contribution < 1.29 is 9.47 Å². The summed E-state index contributed by atoms with van der Waals surface area (Å²) in [6.07, 6.45) is 1.45. The molecule has 36 heavy (non-hydrogen) atoms. The Morgan fingerprint density at radius 2 is 1.78 bits per heavy atom. The summed E-state index contributed by atoms with van der Waals surface area (Å²) >= 11 is 6.54. The summed E-state index contributed by atoms with van der Waals surface area (Å²) in [4.78, 5) is 17.9. The number of aromatic nitrogens is 5. The van der Waals surface area contributed by atoms with Gasteiger partial charge in [0.05, 0.1) is 30.4 Å². The summed E-state index contributed by atoms with van der Waals surface area (Å²) in [5.74, 6) is 2.11. The summed E-state index contributed by atoms with van der Waals surface area (Å²) in [6.45, 7) is 7.11. The number of rotatable bonds is 7. The van der Waals surface area contributed by atoms with E-state index in [0.29, 0.717) is 39.2 Å². The predicted molar refractivity (Wildman–Crippen MR) is 141 cm³/mol. The van der Waals surface area contributed by atoms with Gasteiger partial charge in [0.15, 0.2) is 17.3 Å². The molecule has 2 aromatic heterocycles. The number of ether oxygens (including phenoxy) is 2. The van der Waals surface area contributed by atoms with Crippen molar-refractivity contribution in [2.75, 3.05) is 62.9 Å².